The number of allylic oxidation sites excluding steroid dienone is 4. The second-order valence-electron chi connectivity index (χ2n) is 6.12. The Bertz CT molecular complexity index is 396. The van der Waals surface area contributed by atoms with E-state index in [4.69, 9.17) is 9.84 Å². The molecule has 1 fully saturated rings. The largest absolute Gasteiger partial charge is 0.481 e. The normalized spacial score (nSPS) is 20.9. The molecule has 0 amide bonds. The summed E-state index contributed by atoms with van der Waals surface area (Å²) in [6.45, 7) is 2.23. The van der Waals surface area contributed by atoms with Gasteiger partial charge in [0.05, 0.1) is 12.2 Å². The van der Waals surface area contributed by atoms with Gasteiger partial charge in [-0.05, 0) is 44.9 Å². The minimum atomic E-state index is -0.715. The highest BCUT2D eigenvalue weighted by Gasteiger charge is 2.35. The Balaban J connectivity index is 1.92. The van der Waals surface area contributed by atoms with Crippen LogP contribution in [-0.2, 0) is 9.53 Å². The fourth-order valence-corrected chi connectivity index (χ4v) is 2.44. The van der Waals surface area contributed by atoms with Crippen LogP contribution in [0.25, 0.3) is 0 Å². The molecule has 23 heavy (non-hydrogen) atoms. The van der Waals surface area contributed by atoms with Gasteiger partial charge in [-0.2, -0.15) is 0 Å². The molecule has 0 aromatic carbocycles. The molecule has 0 aromatic rings. The smallest absolute Gasteiger partial charge is 0.303 e. The van der Waals surface area contributed by atoms with Crippen LogP contribution in [0.3, 0.4) is 0 Å². The lowest BCUT2D eigenvalue weighted by Crippen LogP contribution is -1.92. The van der Waals surface area contributed by atoms with Crippen LogP contribution in [0.5, 0.6) is 0 Å². The van der Waals surface area contributed by atoms with Crippen molar-refractivity contribution >= 4 is 5.97 Å². The van der Waals surface area contributed by atoms with E-state index in [1.54, 1.807) is 0 Å². The van der Waals surface area contributed by atoms with Gasteiger partial charge in [0.25, 0.3) is 0 Å². The molecule has 0 bridgehead atoms. The number of carbonyl (C=O) groups is 1. The molecule has 1 heterocycles. The van der Waals surface area contributed by atoms with E-state index in [-0.39, 0.29) is 6.42 Å². The van der Waals surface area contributed by atoms with Crippen molar-refractivity contribution in [3.8, 4) is 0 Å². The Kier molecular flexibility index (Phi) is 11.2. The standard InChI is InChI=1S/C20H32O3/c1-2-3-4-5-9-12-15-18-19(23-18)16-13-10-7-6-8-11-14-17-20(21)22/h6,8-10,12-13,18-19H,2-5,7,11,14-17H2,1H3,(H,21,22)/b8-6+,12-9+,13-10+/t18-,19+/m0/s1. The number of hydrogen-bond acceptors (Lipinski definition) is 2. The maximum Gasteiger partial charge on any atom is 0.303 e. The predicted octanol–water partition coefficient (Wildman–Crippen LogP) is 5.43. The van der Waals surface area contributed by atoms with E-state index in [0.717, 1.165) is 32.1 Å². The van der Waals surface area contributed by atoms with Gasteiger partial charge < -0.3 is 9.84 Å². The van der Waals surface area contributed by atoms with Crippen molar-refractivity contribution in [3.63, 3.8) is 0 Å². The highest BCUT2D eigenvalue weighted by molar-refractivity contribution is 5.66. The Morgan fingerprint density at radius 2 is 1.52 bits per heavy atom. The summed E-state index contributed by atoms with van der Waals surface area (Å²) < 4.78 is 5.65. The van der Waals surface area contributed by atoms with E-state index in [1.807, 2.05) is 0 Å². The topological polar surface area (TPSA) is 49.8 Å². The minimum Gasteiger partial charge on any atom is -0.481 e. The van der Waals surface area contributed by atoms with E-state index in [0.29, 0.717) is 12.2 Å². The minimum absolute atomic E-state index is 0.258. The van der Waals surface area contributed by atoms with Crippen molar-refractivity contribution in [2.24, 2.45) is 0 Å². The van der Waals surface area contributed by atoms with E-state index < -0.39 is 5.97 Å². The third-order valence-electron chi connectivity index (χ3n) is 3.93. The number of epoxide rings is 1. The van der Waals surface area contributed by atoms with Crippen molar-refractivity contribution in [1.29, 1.82) is 0 Å². The number of carboxylic acid groups (broad SMARTS) is 1. The summed E-state index contributed by atoms with van der Waals surface area (Å²) in [5, 5.41) is 8.52. The summed E-state index contributed by atoms with van der Waals surface area (Å²) in [5.74, 6) is -0.715. The average Bonchev–Trinajstić information content (AvgIpc) is 3.27. The van der Waals surface area contributed by atoms with Gasteiger partial charge in [-0.25, -0.2) is 0 Å². The van der Waals surface area contributed by atoms with E-state index >= 15 is 0 Å². The lowest BCUT2D eigenvalue weighted by atomic mass is 10.1. The highest BCUT2D eigenvalue weighted by Crippen LogP contribution is 2.29. The third-order valence-corrected chi connectivity index (χ3v) is 3.93. The molecule has 0 radical (unpaired) electrons. The zero-order valence-corrected chi connectivity index (χ0v) is 14.5. The fraction of sp³-hybridized carbons (Fsp3) is 0.650. The SMILES string of the molecule is CCCCC/C=C/C[C@@H]1O[C@@H]1C/C=C/C/C=C/CCCC(=O)O. The summed E-state index contributed by atoms with van der Waals surface area (Å²) in [6, 6.07) is 0. The lowest BCUT2D eigenvalue weighted by molar-refractivity contribution is -0.137. The van der Waals surface area contributed by atoms with Gasteiger partial charge in [-0.3, -0.25) is 4.79 Å². The van der Waals surface area contributed by atoms with Gasteiger partial charge >= 0.3 is 5.97 Å². The van der Waals surface area contributed by atoms with Crippen molar-refractivity contribution < 1.29 is 14.6 Å². The average molecular weight is 320 g/mol. The molecule has 1 N–H and O–H groups in total. The molecule has 0 spiro atoms. The molecule has 1 aliphatic rings. The van der Waals surface area contributed by atoms with E-state index in [2.05, 4.69) is 43.4 Å². The Hall–Kier alpha value is -1.35. The molecular formula is C20H32O3. The van der Waals surface area contributed by atoms with Crippen LogP contribution in [0.4, 0.5) is 0 Å². The van der Waals surface area contributed by atoms with E-state index in [9.17, 15) is 4.79 Å². The molecule has 0 saturated carbocycles. The van der Waals surface area contributed by atoms with Gasteiger partial charge in [0.1, 0.15) is 0 Å². The monoisotopic (exact) mass is 320 g/mol. The first kappa shape index (κ1) is 19.7. The number of carboxylic acids is 1. The summed E-state index contributed by atoms with van der Waals surface area (Å²) in [6.07, 6.45) is 23.8. The van der Waals surface area contributed by atoms with Crippen LogP contribution in [0.1, 0.15) is 71.1 Å². The van der Waals surface area contributed by atoms with Gasteiger partial charge in [-0.1, -0.05) is 56.2 Å². The summed E-state index contributed by atoms with van der Waals surface area (Å²) >= 11 is 0. The molecule has 1 aliphatic heterocycles. The van der Waals surface area contributed by atoms with E-state index in [1.165, 1.54) is 25.7 Å². The van der Waals surface area contributed by atoms with Gasteiger partial charge in [-0.15, -0.1) is 0 Å². The third kappa shape index (κ3) is 11.8. The number of ether oxygens (including phenoxy) is 1. The molecule has 1 saturated heterocycles. The summed E-state index contributed by atoms with van der Waals surface area (Å²) in [7, 11) is 0. The summed E-state index contributed by atoms with van der Waals surface area (Å²) in [5.41, 5.74) is 0. The van der Waals surface area contributed by atoms with Crippen LogP contribution < -0.4 is 0 Å². The Morgan fingerprint density at radius 3 is 2.22 bits per heavy atom. The number of hydrogen-bond donors (Lipinski definition) is 1. The number of aliphatic carboxylic acids is 1. The molecule has 130 valence electrons. The molecule has 3 nitrogen and oxygen atoms in total. The molecular weight excluding hydrogens is 288 g/mol. The first-order valence-electron chi connectivity index (χ1n) is 9.06. The zero-order valence-electron chi connectivity index (χ0n) is 14.5. The van der Waals surface area contributed by atoms with Gasteiger partial charge in [0.2, 0.25) is 0 Å². The quantitative estimate of drug-likeness (QED) is 0.264. The number of rotatable bonds is 14. The molecule has 1 rings (SSSR count). The van der Waals surface area contributed by atoms with Gasteiger partial charge in [0, 0.05) is 6.42 Å². The molecule has 0 unspecified atom stereocenters. The fourth-order valence-electron chi connectivity index (χ4n) is 2.44. The predicted molar refractivity (Wildman–Crippen MR) is 95.6 cm³/mol. The maximum atomic E-state index is 10.3. The summed E-state index contributed by atoms with van der Waals surface area (Å²) in [4.78, 5) is 10.3. The van der Waals surface area contributed by atoms with Gasteiger partial charge in [0.15, 0.2) is 0 Å². The van der Waals surface area contributed by atoms with Crippen LogP contribution in [-0.4, -0.2) is 23.3 Å². The molecule has 0 aromatic heterocycles. The van der Waals surface area contributed by atoms with Crippen molar-refractivity contribution in [2.75, 3.05) is 0 Å². The van der Waals surface area contributed by atoms with Crippen molar-refractivity contribution in [2.45, 2.75) is 83.3 Å². The number of unbranched alkanes of at least 4 members (excludes halogenated alkanes) is 4. The second kappa shape index (κ2) is 13.1. The van der Waals surface area contributed by atoms with Crippen molar-refractivity contribution in [3.05, 3.63) is 36.5 Å². The van der Waals surface area contributed by atoms with Crippen LogP contribution >= 0.6 is 0 Å². The highest BCUT2D eigenvalue weighted by atomic mass is 16.6. The zero-order chi connectivity index (χ0) is 16.8. The Labute approximate surface area is 141 Å². The first-order chi connectivity index (χ1) is 11.2. The van der Waals surface area contributed by atoms with Crippen molar-refractivity contribution in [1.82, 2.24) is 0 Å². The molecule has 3 heteroatoms. The molecule has 0 aliphatic carbocycles. The Morgan fingerprint density at radius 1 is 0.913 bits per heavy atom. The van der Waals surface area contributed by atoms with Crippen LogP contribution in [0, 0.1) is 0 Å². The first-order valence-corrected chi connectivity index (χ1v) is 9.06. The second-order valence-corrected chi connectivity index (χ2v) is 6.12. The van der Waals surface area contributed by atoms with Crippen LogP contribution in [0.15, 0.2) is 36.5 Å². The van der Waals surface area contributed by atoms with Crippen LogP contribution in [0.2, 0.25) is 0 Å². The lowest BCUT2D eigenvalue weighted by Gasteiger charge is -1.91. The maximum absolute atomic E-state index is 10.3. The molecule has 2 atom stereocenters.